The molecule has 0 radical (unpaired) electrons. The zero-order valence-electron chi connectivity index (χ0n) is 18.3. The highest BCUT2D eigenvalue weighted by molar-refractivity contribution is 14.1. The van der Waals surface area contributed by atoms with Crippen molar-refractivity contribution >= 4 is 46.4 Å². The number of amides is 1. The Hall–Kier alpha value is -3.40. The van der Waals surface area contributed by atoms with Crippen LogP contribution in [0.15, 0.2) is 71.8 Å². The molecule has 0 saturated carbocycles. The van der Waals surface area contributed by atoms with E-state index in [2.05, 4.69) is 38.4 Å². The van der Waals surface area contributed by atoms with E-state index in [1.54, 1.807) is 30.3 Å². The molecule has 0 unspecified atom stereocenters. The fourth-order valence-electron chi connectivity index (χ4n) is 2.89. The second-order valence-corrected chi connectivity index (χ2v) is 8.19. The minimum atomic E-state index is -0.462. The van der Waals surface area contributed by atoms with Crippen LogP contribution >= 0.6 is 22.6 Å². The molecule has 0 heterocycles. The van der Waals surface area contributed by atoms with E-state index < -0.39 is 5.97 Å². The minimum Gasteiger partial charge on any atom is -0.490 e. The second-order valence-electron chi connectivity index (χ2n) is 7.02. The van der Waals surface area contributed by atoms with Crippen LogP contribution in [0.2, 0.25) is 0 Å². The predicted molar refractivity (Wildman–Crippen MR) is 137 cm³/mol. The van der Waals surface area contributed by atoms with Gasteiger partial charge in [0, 0.05) is 9.26 Å². The molecule has 0 saturated heterocycles. The minimum absolute atomic E-state index is 0.0954. The van der Waals surface area contributed by atoms with E-state index in [1.807, 2.05) is 50.2 Å². The molecule has 0 atom stereocenters. The van der Waals surface area contributed by atoms with Gasteiger partial charge in [-0.1, -0.05) is 24.3 Å². The van der Waals surface area contributed by atoms with Gasteiger partial charge in [0.25, 0.3) is 5.91 Å². The Kier molecular flexibility index (Phi) is 8.82. The van der Waals surface area contributed by atoms with Gasteiger partial charge in [0.2, 0.25) is 0 Å². The number of benzene rings is 3. The summed E-state index contributed by atoms with van der Waals surface area (Å²) in [6.45, 7) is 4.32. The van der Waals surface area contributed by atoms with Gasteiger partial charge in [-0.25, -0.2) is 10.2 Å². The summed E-state index contributed by atoms with van der Waals surface area (Å²) in [6.07, 6.45) is 1.50. The molecule has 0 spiro atoms. The fourth-order valence-corrected chi connectivity index (χ4v) is 3.50. The Labute approximate surface area is 206 Å². The van der Waals surface area contributed by atoms with Crippen LogP contribution in [-0.4, -0.2) is 31.2 Å². The number of hydrazone groups is 1. The van der Waals surface area contributed by atoms with Crippen molar-refractivity contribution in [3.63, 3.8) is 0 Å². The molecule has 3 aromatic carbocycles. The zero-order chi connectivity index (χ0) is 23.6. The van der Waals surface area contributed by atoms with Crippen molar-refractivity contribution in [1.82, 2.24) is 5.43 Å². The molecule has 2 N–H and O–H groups in total. The SMILES string of the molecule is CCOc1cc(/C=N/NC(=O)CNc2cccc(C)c2)ccc1OC(=O)c1ccccc1I. The molecule has 0 aliphatic carbocycles. The Balaban J connectivity index is 1.61. The third kappa shape index (κ3) is 7.31. The molecule has 33 heavy (non-hydrogen) atoms. The molecular weight excluding hydrogens is 533 g/mol. The maximum absolute atomic E-state index is 12.5. The lowest BCUT2D eigenvalue weighted by Crippen LogP contribution is -2.25. The van der Waals surface area contributed by atoms with Gasteiger partial charge in [-0.2, -0.15) is 5.10 Å². The molecule has 1 amide bonds. The molecule has 0 bridgehead atoms. The predicted octanol–water partition coefficient (Wildman–Crippen LogP) is 4.78. The van der Waals surface area contributed by atoms with E-state index in [1.165, 1.54) is 6.21 Å². The maximum atomic E-state index is 12.5. The molecule has 0 aromatic heterocycles. The van der Waals surface area contributed by atoms with Gasteiger partial charge in [0.15, 0.2) is 11.5 Å². The molecule has 0 aliphatic heterocycles. The van der Waals surface area contributed by atoms with Crippen molar-refractivity contribution < 1.29 is 19.1 Å². The van der Waals surface area contributed by atoms with Gasteiger partial charge in [0.05, 0.1) is 24.9 Å². The van der Waals surface area contributed by atoms with Crippen LogP contribution in [0.1, 0.15) is 28.4 Å². The first-order valence-electron chi connectivity index (χ1n) is 10.3. The molecule has 7 nitrogen and oxygen atoms in total. The van der Waals surface area contributed by atoms with Gasteiger partial charge >= 0.3 is 5.97 Å². The maximum Gasteiger partial charge on any atom is 0.344 e. The van der Waals surface area contributed by atoms with E-state index in [0.717, 1.165) is 14.8 Å². The highest BCUT2D eigenvalue weighted by Gasteiger charge is 2.15. The van der Waals surface area contributed by atoms with Crippen LogP contribution < -0.4 is 20.2 Å². The van der Waals surface area contributed by atoms with Crippen LogP contribution in [0.5, 0.6) is 11.5 Å². The van der Waals surface area contributed by atoms with E-state index in [4.69, 9.17) is 9.47 Å². The second kappa shape index (κ2) is 12.0. The van der Waals surface area contributed by atoms with Crippen LogP contribution in [-0.2, 0) is 4.79 Å². The molecule has 3 aromatic rings. The standard InChI is InChI=1S/C25H24IN3O4/c1-3-32-23-14-18(11-12-22(23)33-25(31)20-9-4-5-10-21(20)26)15-28-29-24(30)16-27-19-8-6-7-17(2)13-19/h4-15,27H,3,16H2,1-2H3,(H,29,30)/b28-15+. The average Bonchev–Trinajstić information content (AvgIpc) is 2.80. The molecule has 170 valence electrons. The first-order valence-corrected chi connectivity index (χ1v) is 11.4. The number of aryl methyl sites for hydroxylation is 1. The lowest BCUT2D eigenvalue weighted by Gasteiger charge is -2.12. The van der Waals surface area contributed by atoms with E-state index in [9.17, 15) is 9.59 Å². The smallest absolute Gasteiger partial charge is 0.344 e. The lowest BCUT2D eigenvalue weighted by atomic mass is 10.2. The van der Waals surface area contributed by atoms with E-state index >= 15 is 0 Å². The van der Waals surface area contributed by atoms with Crippen molar-refractivity contribution in [3.8, 4) is 11.5 Å². The normalized spacial score (nSPS) is 10.6. The number of nitrogens with one attached hydrogen (secondary N) is 2. The topological polar surface area (TPSA) is 89.0 Å². The summed E-state index contributed by atoms with van der Waals surface area (Å²) in [5.41, 5.74) is 5.62. The first-order chi connectivity index (χ1) is 16.0. The van der Waals surface area contributed by atoms with Crippen LogP contribution in [0.3, 0.4) is 0 Å². The summed E-state index contributed by atoms with van der Waals surface area (Å²) in [5.74, 6) is -0.0187. The lowest BCUT2D eigenvalue weighted by molar-refractivity contribution is -0.119. The highest BCUT2D eigenvalue weighted by Crippen LogP contribution is 2.29. The van der Waals surface area contributed by atoms with Gasteiger partial charge in [-0.15, -0.1) is 0 Å². The number of halogens is 1. The number of carbonyl (C=O) groups is 2. The Morgan fingerprint density at radius 3 is 2.61 bits per heavy atom. The third-order valence-corrected chi connectivity index (χ3v) is 5.38. The number of nitrogens with zero attached hydrogens (tertiary/aromatic N) is 1. The quantitative estimate of drug-likeness (QED) is 0.130. The molecule has 0 fully saturated rings. The third-order valence-electron chi connectivity index (χ3n) is 4.44. The van der Waals surface area contributed by atoms with Crippen molar-refractivity contribution in [1.29, 1.82) is 0 Å². The number of rotatable bonds is 9. The average molecular weight is 557 g/mol. The first kappa shape index (κ1) is 24.2. The van der Waals surface area contributed by atoms with Crippen LogP contribution in [0, 0.1) is 10.5 Å². The molecule has 8 heteroatoms. The van der Waals surface area contributed by atoms with Gasteiger partial charge in [-0.3, -0.25) is 4.79 Å². The number of hydrogen-bond acceptors (Lipinski definition) is 6. The molecule has 0 aliphatic rings. The number of ether oxygens (including phenoxy) is 2. The van der Waals surface area contributed by atoms with Crippen LogP contribution in [0.4, 0.5) is 5.69 Å². The van der Waals surface area contributed by atoms with Gasteiger partial charge in [0.1, 0.15) is 0 Å². The zero-order valence-corrected chi connectivity index (χ0v) is 20.5. The van der Waals surface area contributed by atoms with Gasteiger partial charge in [-0.05, 0) is 90.0 Å². The van der Waals surface area contributed by atoms with Crippen molar-refractivity contribution in [2.45, 2.75) is 13.8 Å². The van der Waals surface area contributed by atoms with Gasteiger partial charge < -0.3 is 14.8 Å². The number of anilines is 1. The Bertz CT molecular complexity index is 1160. The fraction of sp³-hybridized carbons (Fsp3) is 0.160. The Morgan fingerprint density at radius 2 is 1.85 bits per heavy atom. The molecule has 3 rings (SSSR count). The van der Waals surface area contributed by atoms with E-state index in [-0.39, 0.29) is 12.5 Å². The summed E-state index contributed by atoms with van der Waals surface area (Å²) in [6, 6.07) is 20.0. The van der Waals surface area contributed by atoms with Crippen molar-refractivity contribution in [3.05, 3.63) is 87.0 Å². The number of carbonyl (C=O) groups excluding carboxylic acids is 2. The summed E-state index contributed by atoms with van der Waals surface area (Å²) in [7, 11) is 0. The van der Waals surface area contributed by atoms with Crippen LogP contribution in [0.25, 0.3) is 0 Å². The number of esters is 1. The summed E-state index contributed by atoms with van der Waals surface area (Å²) < 4.78 is 12.0. The van der Waals surface area contributed by atoms with Crippen molar-refractivity contribution in [2.24, 2.45) is 5.10 Å². The van der Waals surface area contributed by atoms with E-state index in [0.29, 0.717) is 29.2 Å². The molecular formula is C25H24IN3O4. The summed E-state index contributed by atoms with van der Waals surface area (Å²) in [4.78, 5) is 24.6. The summed E-state index contributed by atoms with van der Waals surface area (Å²) in [5, 5.41) is 7.04. The largest absolute Gasteiger partial charge is 0.490 e. The Morgan fingerprint density at radius 1 is 1.03 bits per heavy atom. The summed E-state index contributed by atoms with van der Waals surface area (Å²) >= 11 is 2.09. The highest BCUT2D eigenvalue weighted by atomic mass is 127. The monoisotopic (exact) mass is 557 g/mol. The number of hydrogen-bond donors (Lipinski definition) is 2. The van der Waals surface area contributed by atoms with Crippen molar-refractivity contribution in [2.75, 3.05) is 18.5 Å².